The van der Waals surface area contributed by atoms with Gasteiger partial charge in [-0.2, -0.15) is 0 Å². The Morgan fingerprint density at radius 3 is 2.48 bits per heavy atom. The number of halogens is 5. The lowest BCUT2D eigenvalue weighted by Crippen LogP contribution is -2.45. The van der Waals surface area contributed by atoms with E-state index in [9.17, 15) is 22.0 Å². The van der Waals surface area contributed by atoms with Crippen LogP contribution in [0.1, 0.15) is 19.3 Å². The molecule has 2 saturated heterocycles. The van der Waals surface area contributed by atoms with Crippen molar-refractivity contribution in [2.75, 3.05) is 38.2 Å². The second-order valence-electron chi connectivity index (χ2n) is 9.40. The lowest BCUT2D eigenvalue weighted by atomic mass is 9.95. The zero-order valence-corrected chi connectivity index (χ0v) is 17.9. The molecule has 3 aliphatic rings. The highest BCUT2D eigenvalue weighted by molar-refractivity contribution is 5.60. The van der Waals surface area contributed by atoms with Gasteiger partial charge in [-0.3, -0.25) is 0 Å². The Morgan fingerprint density at radius 1 is 1.06 bits per heavy atom. The summed E-state index contributed by atoms with van der Waals surface area (Å²) in [5, 5.41) is 11.3. The average Bonchev–Trinajstić information content (AvgIpc) is 3.31. The largest absolute Gasteiger partial charge is 0.375 e. The molecule has 0 bridgehead atoms. The lowest BCUT2D eigenvalue weighted by Gasteiger charge is -2.34. The number of alkyl halides is 2. The van der Waals surface area contributed by atoms with Crippen LogP contribution in [0.2, 0.25) is 0 Å². The van der Waals surface area contributed by atoms with Crippen LogP contribution in [0.5, 0.6) is 0 Å². The topological polar surface area (TPSA) is 50.3 Å². The molecule has 5 nitrogen and oxygen atoms in total. The molecule has 0 spiro atoms. The van der Waals surface area contributed by atoms with E-state index in [2.05, 4.69) is 20.4 Å². The predicted molar refractivity (Wildman–Crippen MR) is 111 cm³/mol. The molecule has 1 aromatic heterocycles. The zero-order valence-electron chi connectivity index (χ0n) is 17.9. The molecule has 4 atom stereocenters. The van der Waals surface area contributed by atoms with Crippen molar-refractivity contribution in [3.8, 4) is 11.3 Å². The summed E-state index contributed by atoms with van der Waals surface area (Å²) in [6.07, 6.45) is 2.20. The number of aromatic nitrogens is 2. The number of rotatable bonds is 5. The van der Waals surface area contributed by atoms with Gasteiger partial charge in [0.2, 0.25) is 0 Å². The van der Waals surface area contributed by atoms with Gasteiger partial charge in [0.15, 0.2) is 11.6 Å². The minimum absolute atomic E-state index is 0.0419. The van der Waals surface area contributed by atoms with Gasteiger partial charge < -0.3 is 15.0 Å². The number of benzene rings is 1. The molecule has 0 radical (unpaired) electrons. The first-order valence-electron chi connectivity index (χ1n) is 11.2. The van der Waals surface area contributed by atoms with Crippen LogP contribution in [0.25, 0.3) is 11.3 Å². The van der Waals surface area contributed by atoms with Gasteiger partial charge in [-0.05, 0) is 49.3 Å². The van der Waals surface area contributed by atoms with E-state index in [1.807, 2.05) is 0 Å². The summed E-state index contributed by atoms with van der Waals surface area (Å²) < 4.78 is 74.0. The van der Waals surface area contributed by atoms with E-state index in [1.54, 1.807) is 6.07 Å². The van der Waals surface area contributed by atoms with Gasteiger partial charge in [0.25, 0.3) is 5.92 Å². The zero-order chi connectivity index (χ0) is 23.2. The molecular formula is C23H25F5N4O. The van der Waals surface area contributed by atoms with Gasteiger partial charge >= 0.3 is 0 Å². The molecule has 2 aromatic rings. The monoisotopic (exact) mass is 468 g/mol. The molecule has 10 heteroatoms. The van der Waals surface area contributed by atoms with E-state index in [-0.39, 0.29) is 17.3 Å². The van der Waals surface area contributed by atoms with Crippen LogP contribution in [0.15, 0.2) is 24.3 Å². The molecule has 1 aliphatic carbocycles. The molecule has 1 aromatic carbocycles. The number of hydrogen-bond acceptors (Lipinski definition) is 5. The maximum Gasteiger partial charge on any atom is 0.275 e. The van der Waals surface area contributed by atoms with E-state index in [4.69, 9.17) is 4.74 Å². The fourth-order valence-electron chi connectivity index (χ4n) is 5.47. The Morgan fingerprint density at radius 2 is 1.82 bits per heavy atom. The molecule has 3 heterocycles. The highest BCUT2D eigenvalue weighted by Gasteiger charge is 2.46. The van der Waals surface area contributed by atoms with E-state index < -0.39 is 35.9 Å². The maximum absolute atomic E-state index is 14.1. The van der Waals surface area contributed by atoms with Crippen molar-refractivity contribution in [1.82, 2.24) is 15.1 Å². The van der Waals surface area contributed by atoms with Crippen molar-refractivity contribution >= 4 is 5.82 Å². The second kappa shape index (κ2) is 8.79. The third-order valence-corrected chi connectivity index (χ3v) is 7.09. The first-order chi connectivity index (χ1) is 15.8. The van der Waals surface area contributed by atoms with E-state index in [0.717, 1.165) is 32.0 Å². The smallest absolute Gasteiger partial charge is 0.275 e. The van der Waals surface area contributed by atoms with Gasteiger partial charge in [-0.15, -0.1) is 10.2 Å². The molecular weight excluding hydrogens is 443 g/mol. The van der Waals surface area contributed by atoms with Crippen molar-refractivity contribution < 1.29 is 26.7 Å². The maximum atomic E-state index is 14.1. The van der Waals surface area contributed by atoms with Crippen LogP contribution < -0.4 is 5.32 Å². The first kappa shape index (κ1) is 22.5. The fraction of sp³-hybridized carbons (Fsp3) is 0.565. The number of anilines is 1. The van der Waals surface area contributed by atoms with Crippen molar-refractivity contribution in [1.29, 1.82) is 0 Å². The molecule has 1 unspecified atom stereocenters. The molecule has 0 amide bonds. The highest BCUT2D eigenvalue weighted by atomic mass is 19.3. The Hall–Kier alpha value is -2.33. The first-order valence-corrected chi connectivity index (χ1v) is 11.2. The van der Waals surface area contributed by atoms with Crippen LogP contribution in [-0.2, 0) is 4.74 Å². The predicted octanol–water partition coefficient (Wildman–Crippen LogP) is 4.36. The lowest BCUT2D eigenvalue weighted by molar-refractivity contribution is -0.158. The normalized spacial score (nSPS) is 29.2. The fourth-order valence-corrected chi connectivity index (χ4v) is 5.47. The van der Waals surface area contributed by atoms with Crippen molar-refractivity contribution in [3.05, 3.63) is 41.7 Å². The van der Waals surface area contributed by atoms with Gasteiger partial charge in [-0.25, -0.2) is 22.0 Å². The average molecular weight is 468 g/mol. The standard InChI is InChI=1S/C23H25F5N4O/c24-16-7-18(22(26)19(25)8-16)20-1-2-21(31-30-20)29-17-5-13-9-32(10-14(13)6-17)11-15-3-4-33-12-23(15,27)28/h1-2,7-8,13-15,17H,3-6,9-12H2,(H,29,31)/t13-,14+,15?,17+. The molecule has 5 rings (SSSR count). The summed E-state index contributed by atoms with van der Waals surface area (Å²) in [5.74, 6) is -5.37. The number of ether oxygens (including phenoxy) is 1. The van der Waals surface area contributed by atoms with E-state index >= 15 is 0 Å². The minimum Gasteiger partial charge on any atom is -0.375 e. The van der Waals surface area contributed by atoms with Gasteiger partial charge in [-0.1, -0.05) is 0 Å². The van der Waals surface area contributed by atoms with Gasteiger partial charge in [0.1, 0.15) is 18.2 Å². The third-order valence-electron chi connectivity index (χ3n) is 7.09. The number of hydrogen-bond donors (Lipinski definition) is 1. The quantitative estimate of drug-likeness (QED) is 0.522. The Bertz CT molecular complexity index is 991. The van der Waals surface area contributed by atoms with Crippen LogP contribution >= 0.6 is 0 Å². The Labute approximate surface area is 188 Å². The highest BCUT2D eigenvalue weighted by Crippen LogP contribution is 2.41. The molecule has 1 saturated carbocycles. The van der Waals surface area contributed by atoms with Crippen LogP contribution in [0.3, 0.4) is 0 Å². The Balaban J connectivity index is 1.16. The summed E-state index contributed by atoms with van der Waals surface area (Å²) in [7, 11) is 0. The van der Waals surface area contributed by atoms with Crippen molar-refractivity contribution in [2.24, 2.45) is 17.8 Å². The molecule has 178 valence electrons. The summed E-state index contributed by atoms with van der Waals surface area (Å²) in [5.41, 5.74) is -0.238. The van der Waals surface area contributed by atoms with Gasteiger partial charge in [0, 0.05) is 49.8 Å². The molecule has 1 N–H and O–H groups in total. The molecule has 3 fully saturated rings. The Kier molecular flexibility index (Phi) is 5.98. The molecule has 2 aliphatic heterocycles. The SMILES string of the molecule is Fc1cc(F)c(F)c(-c2ccc(N[C@H]3C[C@@H]4CN(CC5CCOCC5(F)F)C[C@@H]4C3)nn2)c1. The number of likely N-dealkylation sites (tertiary alicyclic amines) is 1. The van der Waals surface area contributed by atoms with Gasteiger partial charge in [0.05, 0.1) is 5.69 Å². The van der Waals surface area contributed by atoms with Crippen LogP contribution in [0.4, 0.5) is 27.8 Å². The number of nitrogens with one attached hydrogen (secondary N) is 1. The van der Waals surface area contributed by atoms with Crippen LogP contribution in [-0.4, -0.2) is 59.9 Å². The minimum atomic E-state index is -2.76. The van der Waals surface area contributed by atoms with E-state index in [0.29, 0.717) is 43.3 Å². The number of fused-ring (bicyclic) bond motifs is 1. The molecule has 33 heavy (non-hydrogen) atoms. The summed E-state index contributed by atoms with van der Waals surface area (Å²) >= 11 is 0. The second-order valence-corrected chi connectivity index (χ2v) is 9.40. The van der Waals surface area contributed by atoms with Crippen LogP contribution in [0, 0.1) is 35.2 Å². The third kappa shape index (κ3) is 4.68. The summed E-state index contributed by atoms with van der Waals surface area (Å²) in [4.78, 5) is 2.16. The van der Waals surface area contributed by atoms with Crippen molar-refractivity contribution in [3.63, 3.8) is 0 Å². The number of nitrogens with zero attached hydrogens (tertiary/aromatic N) is 3. The summed E-state index contributed by atoms with van der Waals surface area (Å²) in [6.45, 7) is 1.95. The summed E-state index contributed by atoms with van der Waals surface area (Å²) in [6, 6.07) is 4.62. The van der Waals surface area contributed by atoms with Crippen molar-refractivity contribution in [2.45, 2.75) is 31.2 Å². The van der Waals surface area contributed by atoms with E-state index in [1.165, 1.54) is 6.07 Å².